The summed E-state index contributed by atoms with van der Waals surface area (Å²) in [5.74, 6) is 0.599. The number of alkyl halides is 3. The zero-order valence-corrected chi connectivity index (χ0v) is 10.9. The molecule has 0 saturated heterocycles. The Labute approximate surface area is 111 Å². The van der Waals surface area contributed by atoms with E-state index in [1.54, 1.807) is 6.92 Å². The van der Waals surface area contributed by atoms with Gasteiger partial charge in [-0.1, -0.05) is 11.6 Å². The third-order valence-electron chi connectivity index (χ3n) is 2.53. The van der Waals surface area contributed by atoms with Crippen LogP contribution in [0.3, 0.4) is 0 Å². The lowest BCUT2D eigenvalue weighted by Gasteiger charge is -2.19. The molecular weight excluding hydrogens is 283 g/mol. The van der Waals surface area contributed by atoms with Gasteiger partial charge >= 0.3 is 6.18 Å². The lowest BCUT2D eigenvalue weighted by molar-refractivity contribution is -0.136. The molecule has 19 heavy (non-hydrogen) atoms. The minimum Gasteiger partial charge on any atom is -0.367 e. The predicted molar refractivity (Wildman–Crippen MR) is 64.3 cm³/mol. The van der Waals surface area contributed by atoms with Gasteiger partial charge in [-0.25, -0.2) is 0 Å². The summed E-state index contributed by atoms with van der Waals surface area (Å²) in [6.45, 7) is 3.09. The number of halogens is 4. The van der Waals surface area contributed by atoms with Crippen molar-refractivity contribution in [2.24, 2.45) is 0 Å². The highest BCUT2D eigenvalue weighted by molar-refractivity contribution is 6.30. The third-order valence-corrected chi connectivity index (χ3v) is 2.89. The molecule has 2 heterocycles. The first-order valence-corrected chi connectivity index (χ1v) is 5.85. The van der Waals surface area contributed by atoms with Crippen molar-refractivity contribution in [3.8, 4) is 0 Å². The maximum Gasteiger partial charge on any atom is 0.391 e. The zero-order chi connectivity index (χ0) is 14.2. The normalized spacial score (nSPS) is 13.8. The van der Waals surface area contributed by atoms with E-state index in [1.165, 1.54) is 17.8 Å². The van der Waals surface area contributed by atoms with Crippen LogP contribution in [0, 0.1) is 6.92 Å². The fourth-order valence-electron chi connectivity index (χ4n) is 1.70. The standard InChI is InChI=1S/C10H11ClF3N5/c1-5(3-10(12,13)14)17-8-6(2)7(11)18-9-15-4-16-19(8)9/h4-5,17H,3H2,1-2H3. The van der Waals surface area contributed by atoms with Gasteiger partial charge in [0.1, 0.15) is 17.3 Å². The molecule has 5 nitrogen and oxygen atoms in total. The molecule has 0 bridgehead atoms. The quantitative estimate of drug-likeness (QED) is 0.884. The molecule has 0 aliphatic carbocycles. The van der Waals surface area contributed by atoms with Crippen molar-refractivity contribution in [1.82, 2.24) is 19.6 Å². The van der Waals surface area contributed by atoms with E-state index in [9.17, 15) is 13.2 Å². The van der Waals surface area contributed by atoms with Gasteiger partial charge in [0.05, 0.1) is 6.42 Å². The van der Waals surface area contributed by atoms with E-state index in [2.05, 4.69) is 20.4 Å². The van der Waals surface area contributed by atoms with Crippen molar-refractivity contribution >= 4 is 23.2 Å². The molecule has 1 unspecified atom stereocenters. The van der Waals surface area contributed by atoms with Crippen LogP contribution in [0.25, 0.3) is 5.78 Å². The van der Waals surface area contributed by atoms with Crippen LogP contribution in [-0.4, -0.2) is 31.8 Å². The molecule has 2 rings (SSSR count). The van der Waals surface area contributed by atoms with Crippen LogP contribution in [0.4, 0.5) is 19.0 Å². The van der Waals surface area contributed by atoms with Gasteiger partial charge in [-0.3, -0.25) is 0 Å². The number of fused-ring (bicyclic) bond motifs is 1. The topological polar surface area (TPSA) is 55.1 Å². The van der Waals surface area contributed by atoms with Crippen molar-refractivity contribution in [1.29, 1.82) is 0 Å². The minimum atomic E-state index is -4.24. The van der Waals surface area contributed by atoms with E-state index in [-0.39, 0.29) is 10.9 Å². The molecule has 2 aromatic rings. The summed E-state index contributed by atoms with van der Waals surface area (Å²) in [6, 6.07) is -0.815. The van der Waals surface area contributed by atoms with Crippen LogP contribution in [0.5, 0.6) is 0 Å². The summed E-state index contributed by atoms with van der Waals surface area (Å²) < 4.78 is 38.3. The number of rotatable bonds is 3. The van der Waals surface area contributed by atoms with Gasteiger partial charge in [0.2, 0.25) is 0 Å². The molecule has 0 aliphatic heterocycles. The highest BCUT2D eigenvalue weighted by Crippen LogP contribution is 2.26. The fraction of sp³-hybridized carbons (Fsp3) is 0.500. The summed E-state index contributed by atoms with van der Waals surface area (Å²) in [6.07, 6.45) is -3.93. The Balaban J connectivity index is 2.34. The van der Waals surface area contributed by atoms with Crippen molar-refractivity contribution < 1.29 is 13.2 Å². The van der Waals surface area contributed by atoms with Crippen LogP contribution in [0.15, 0.2) is 6.33 Å². The van der Waals surface area contributed by atoms with Gasteiger partial charge < -0.3 is 5.32 Å². The molecule has 0 amide bonds. The second kappa shape index (κ2) is 4.84. The smallest absolute Gasteiger partial charge is 0.367 e. The highest BCUT2D eigenvalue weighted by atomic mass is 35.5. The average Bonchev–Trinajstić information content (AvgIpc) is 2.69. The molecule has 0 saturated carbocycles. The van der Waals surface area contributed by atoms with E-state index in [4.69, 9.17) is 11.6 Å². The first-order valence-electron chi connectivity index (χ1n) is 5.47. The van der Waals surface area contributed by atoms with Crippen LogP contribution in [0.2, 0.25) is 5.15 Å². The van der Waals surface area contributed by atoms with E-state index in [0.717, 1.165) is 0 Å². The van der Waals surface area contributed by atoms with Gasteiger partial charge in [0, 0.05) is 11.6 Å². The molecule has 9 heteroatoms. The highest BCUT2D eigenvalue weighted by Gasteiger charge is 2.30. The molecule has 1 atom stereocenters. The summed E-state index contributed by atoms with van der Waals surface area (Å²) >= 11 is 5.91. The Hall–Kier alpha value is -1.57. The third kappa shape index (κ3) is 3.06. The molecule has 1 N–H and O–H groups in total. The number of nitrogens with zero attached hydrogens (tertiary/aromatic N) is 4. The maximum absolute atomic E-state index is 12.3. The van der Waals surface area contributed by atoms with Crippen molar-refractivity contribution in [3.63, 3.8) is 0 Å². The van der Waals surface area contributed by atoms with Gasteiger partial charge in [-0.2, -0.15) is 32.8 Å². The molecule has 2 aromatic heterocycles. The fourth-order valence-corrected chi connectivity index (χ4v) is 1.86. The van der Waals surface area contributed by atoms with Crippen LogP contribution in [0.1, 0.15) is 18.9 Å². The summed E-state index contributed by atoms with van der Waals surface area (Å²) in [5, 5.41) is 6.85. The van der Waals surface area contributed by atoms with Gasteiger partial charge in [0.25, 0.3) is 5.78 Å². The van der Waals surface area contributed by atoms with Gasteiger partial charge in [0.15, 0.2) is 0 Å². The number of anilines is 1. The predicted octanol–water partition coefficient (Wildman–Crippen LogP) is 2.84. The lowest BCUT2D eigenvalue weighted by atomic mass is 10.2. The monoisotopic (exact) mass is 293 g/mol. The molecule has 0 radical (unpaired) electrons. The van der Waals surface area contributed by atoms with Gasteiger partial charge in [-0.05, 0) is 13.8 Å². The largest absolute Gasteiger partial charge is 0.391 e. The molecule has 0 aliphatic rings. The molecule has 0 aromatic carbocycles. The Kier molecular flexibility index (Phi) is 3.53. The van der Waals surface area contributed by atoms with Crippen LogP contribution < -0.4 is 5.32 Å². The molecular formula is C10H11ClF3N5. The van der Waals surface area contributed by atoms with Crippen LogP contribution >= 0.6 is 11.6 Å². The summed E-state index contributed by atoms with van der Waals surface area (Å²) in [4.78, 5) is 7.83. The van der Waals surface area contributed by atoms with Crippen molar-refractivity contribution in [3.05, 3.63) is 17.0 Å². The van der Waals surface area contributed by atoms with E-state index in [1.807, 2.05) is 0 Å². The molecule has 104 valence electrons. The van der Waals surface area contributed by atoms with E-state index in [0.29, 0.717) is 11.4 Å². The second-order valence-corrected chi connectivity index (χ2v) is 4.57. The minimum absolute atomic E-state index is 0.183. The van der Waals surface area contributed by atoms with Crippen molar-refractivity contribution in [2.75, 3.05) is 5.32 Å². The number of nitrogens with one attached hydrogen (secondary N) is 1. The first kappa shape index (κ1) is 13.9. The van der Waals surface area contributed by atoms with E-state index >= 15 is 0 Å². The average molecular weight is 294 g/mol. The van der Waals surface area contributed by atoms with E-state index < -0.39 is 18.6 Å². The van der Waals surface area contributed by atoms with Gasteiger partial charge in [-0.15, -0.1) is 0 Å². The Morgan fingerprint density at radius 1 is 1.47 bits per heavy atom. The molecule has 0 fully saturated rings. The lowest BCUT2D eigenvalue weighted by Crippen LogP contribution is -2.25. The zero-order valence-electron chi connectivity index (χ0n) is 10.2. The Morgan fingerprint density at radius 2 is 2.16 bits per heavy atom. The molecule has 0 spiro atoms. The second-order valence-electron chi connectivity index (χ2n) is 4.21. The number of hydrogen-bond acceptors (Lipinski definition) is 4. The SMILES string of the molecule is Cc1c(Cl)nc2ncnn2c1NC(C)CC(F)(F)F. The maximum atomic E-state index is 12.3. The Bertz CT molecular complexity index is 595. The summed E-state index contributed by atoms with van der Waals surface area (Å²) in [7, 11) is 0. The Morgan fingerprint density at radius 3 is 2.79 bits per heavy atom. The first-order chi connectivity index (χ1) is 8.78. The van der Waals surface area contributed by atoms with Crippen molar-refractivity contribution in [2.45, 2.75) is 32.5 Å². The number of aromatic nitrogens is 4. The number of hydrogen-bond donors (Lipinski definition) is 1. The van der Waals surface area contributed by atoms with Crippen LogP contribution in [-0.2, 0) is 0 Å². The summed E-state index contributed by atoms with van der Waals surface area (Å²) in [5.41, 5.74) is 0.522.